The summed E-state index contributed by atoms with van der Waals surface area (Å²) in [6, 6.07) is 99.7. The van der Waals surface area contributed by atoms with Crippen LogP contribution in [0.2, 0.25) is 0 Å². The van der Waals surface area contributed by atoms with E-state index in [-0.39, 0.29) is 0 Å². The average molecular weight is 1070 g/mol. The van der Waals surface area contributed by atoms with Crippen LogP contribution in [0.5, 0.6) is 23.0 Å². The van der Waals surface area contributed by atoms with Gasteiger partial charge in [-0.3, -0.25) is 0 Å². The monoisotopic (exact) mass is 1070 g/mol. The van der Waals surface area contributed by atoms with Crippen molar-refractivity contribution in [1.29, 1.82) is 0 Å². The maximum absolute atomic E-state index is 16.5. The standard InChI is InChI=1S/C76H47N2O3P/c79-82(52-21-5-2-6-22-52,54-41-44-67-72(47-54)81-70-34-18-14-30-64(70)75(67)60-27-11-7-23-55(60)56-24-8-12-28-61(56)75)53-39-35-48(36-40-53)50-37-42-63-59(45-50)57-25-9-13-29-62(57)76(63)65-31-15-17-33-69(65)80-71-46-51(38-43-66(71)76)74-77-68-32-16-10-26-58(68)73(78-74)49-19-3-1-4-20-49/h1-47H. The Morgan fingerprint density at radius 3 is 1.38 bits per heavy atom. The lowest BCUT2D eigenvalue weighted by molar-refractivity contribution is 0.436. The first-order valence-corrected chi connectivity index (χ1v) is 29.6. The summed E-state index contributed by atoms with van der Waals surface area (Å²) in [5.41, 5.74) is 18.3. The molecule has 0 saturated carbocycles. The van der Waals surface area contributed by atoms with Crippen LogP contribution in [0.25, 0.3) is 66.9 Å². The quantitative estimate of drug-likeness (QED) is 0.155. The predicted octanol–water partition coefficient (Wildman–Crippen LogP) is 17.2. The van der Waals surface area contributed by atoms with Crippen molar-refractivity contribution in [2.75, 3.05) is 0 Å². The van der Waals surface area contributed by atoms with Gasteiger partial charge in [0, 0.05) is 54.7 Å². The van der Waals surface area contributed by atoms with Crippen LogP contribution >= 0.6 is 7.14 Å². The summed E-state index contributed by atoms with van der Waals surface area (Å²) in [5, 5.41) is 3.22. The Morgan fingerprint density at radius 1 is 0.293 bits per heavy atom. The summed E-state index contributed by atoms with van der Waals surface area (Å²) in [6.07, 6.45) is 0. The maximum Gasteiger partial charge on any atom is 0.171 e. The minimum atomic E-state index is -3.49. The van der Waals surface area contributed by atoms with Crippen LogP contribution in [0.15, 0.2) is 285 Å². The fourth-order valence-electron chi connectivity index (χ4n) is 14.2. The van der Waals surface area contributed by atoms with Crippen LogP contribution in [-0.4, -0.2) is 9.97 Å². The first-order valence-electron chi connectivity index (χ1n) is 27.9. The van der Waals surface area contributed by atoms with E-state index in [0.717, 1.165) is 94.5 Å². The number of fused-ring (bicyclic) bond motifs is 19. The molecule has 0 amide bonds. The highest BCUT2D eigenvalue weighted by molar-refractivity contribution is 7.85. The van der Waals surface area contributed by atoms with Crippen molar-refractivity contribution in [3.8, 4) is 79.0 Å². The third-order valence-corrected chi connectivity index (χ3v) is 20.8. The van der Waals surface area contributed by atoms with E-state index < -0.39 is 18.0 Å². The molecule has 1 aromatic heterocycles. The van der Waals surface area contributed by atoms with Gasteiger partial charge in [-0.2, -0.15) is 0 Å². The van der Waals surface area contributed by atoms with Crippen LogP contribution in [-0.2, 0) is 15.4 Å². The highest BCUT2D eigenvalue weighted by Gasteiger charge is 2.53. The van der Waals surface area contributed by atoms with Crippen molar-refractivity contribution in [2.24, 2.45) is 0 Å². The summed E-state index contributed by atoms with van der Waals surface area (Å²) < 4.78 is 30.4. The van der Waals surface area contributed by atoms with E-state index in [4.69, 9.17) is 19.4 Å². The molecule has 2 spiro atoms. The minimum Gasteiger partial charge on any atom is -0.457 e. The van der Waals surface area contributed by atoms with E-state index in [9.17, 15) is 0 Å². The highest BCUT2D eigenvalue weighted by Crippen LogP contribution is 2.64. The number of hydrogen-bond acceptors (Lipinski definition) is 5. The van der Waals surface area contributed by atoms with E-state index in [1.165, 1.54) is 38.9 Å². The van der Waals surface area contributed by atoms with Crippen molar-refractivity contribution >= 4 is 34.0 Å². The zero-order chi connectivity index (χ0) is 54.2. The van der Waals surface area contributed by atoms with Crippen LogP contribution in [0, 0.1) is 0 Å². The van der Waals surface area contributed by atoms with Gasteiger partial charge in [0.25, 0.3) is 0 Å². The van der Waals surface area contributed by atoms with Gasteiger partial charge in [-0.15, -0.1) is 0 Å². The van der Waals surface area contributed by atoms with E-state index in [1.54, 1.807) is 0 Å². The molecule has 0 fully saturated rings. The summed E-state index contributed by atoms with van der Waals surface area (Å²) in [6.45, 7) is 0. The second kappa shape index (κ2) is 17.7. The third kappa shape index (κ3) is 6.43. The molecule has 6 heteroatoms. The topological polar surface area (TPSA) is 61.3 Å². The number of hydrogen-bond donors (Lipinski definition) is 0. The largest absolute Gasteiger partial charge is 0.457 e. The Kier molecular flexibility index (Phi) is 10.1. The van der Waals surface area contributed by atoms with Gasteiger partial charge in [0.2, 0.25) is 0 Å². The molecule has 13 aromatic rings. The lowest BCUT2D eigenvalue weighted by atomic mass is 9.66. The molecule has 2 unspecified atom stereocenters. The number of rotatable bonds is 6. The Morgan fingerprint density at radius 2 is 0.732 bits per heavy atom. The molecule has 384 valence electrons. The molecule has 2 aliphatic heterocycles. The normalized spacial score (nSPS) is 15.8. The van der Waals surface area contributed by atoms with Gasteiger partial charge >= 0.3 is 0 Å². The fraction of sp³-hybridized carbons (Fsp3) is 0.0263. The van der Waals surface area contributed by atoms with E-state index >= 15 is 4.57 Å². The second-order valence-corrected chi connectivity index (χ2v) is 24.5. The lowest BCUT2D eigenvalue weighted by Crippen LogP contribution is -2.33. The summed E-state index contributed by atoms with van der Waals surface area (Å²) in [7, 11) is -3.49. The number of nitrogens with zero attached hydrogens (tertiary/aromatic N) is 2. The van der Waals surface area contributed by atoms with E-state index in [2.05, 4.69) is 212 Å². The van der Waals surface area contributed by atoms with Crippen molar-refractivity contribution < 1.29 is 14.0 Å². The number of benzene rings is 12. The number of aromatic nitrogens is 2. The molecule has 5 nitrogen and oxygen atoms in total. The zero-order valence-corrected chi connectivity index (χ0v) is 45.1. The minimum absolute atomic E-state index is 0.618. The van der Waals surface area contributed by atoms with Crippen LogP contribution < -0.4 is 25.4 Å². The molecule has 17 rings (SSSR count). The third-order valence-electron chi connectivity index (χ3n) is 17.7. The van der Waals surface area contributed by atoms with Crippen molar-refractivity contribution in [2.45, 2.75) is 10.8 Å². The van der Waals surface area contributed by atoms with Gasteiger partial charge in [-0.05, 0) is 92.0 Å². The van der Waals surface area contributed by atoms with E-state index in [0.29, 0.717) is 16.9 Å². The maximum atomic E-state index is 16.5. The first-order chi connectivity index (χ1) is 40.5. The van der Waals surface area contributed by atoms with Crippen LogP contribution in [0.1, 0.15) is 44.5 Å². The molecule has 82 heavy (non-hydrogen) atoms. The van der Waals surface area contributed by atoms with E-state index in [1.807, 2.05) is 72.8 Å². The van der Waals surface area contributed by atoms with Gasteiger partial charge in [-0.25, -0.2) is 9.97 Å². The van der Waals surface area contributed by atoms with Crippen LogP contribution in [0.4, 0.5) is 0 Å². The Labute approximate surface area is 474 Å². The fourth-order valence-corrected chi connectivity index (χ4v) is 16.9. The van der Waals surface area contributed by atoms with Gasteiger partial charge in [0.1, 0.15) is 23.0 Å². The molecular weight excluding hydrogens is 1020 g/mol. The molecule has 0 bridgehead atoms. The Bertz CT molecular complexity index is 4820. The van der Waals surface area contributed by atoms with Crippen molar-refractivity contribution in [3.05, 3.63) is 330 Å². The average Bonchev–Trinajstić information content (AvgIpc) is 3.24. The smallest absolute Gasteiger partial charge is 0.171 e. The summed E-state index contributed by atoms with van der Waals surface area (Å²) in [4.78, 5) is 10.4. The SMILES string of the molecule is O=P(c1ccccc1)(c1ccc(-c2ccc3c(c2)-c2ccccc2C32c3ccccc3Oc3cc(-c4nc(-c5ccccc5)c5ccccc5n4)ccc32)cc1)c1ccc2c(c1)Oc1ccccc1C21c2ccccc2-c2ccccc21. The summed E-state index contributed by atoms with van der Waals surface area (Å²) >= 11 is 0. The molecule has 12 aromatic carbocycles. The Balaban J connectivity index is 0.776. The van der Waals surface area contributed by atoms with Crippen molar-refractivity contribution in [1.82, 2.24) is 9.97 Å². The highest BCUT2D eigenvalue weighted by atomic mass is 31.2. The predicted molar refractivity (Wildman–Crippen MR) is 330 cm³/mol. The Hall–Kier alpha value is -10.2. The molecular formula is C76H47N2O3P. The molecule has 2 aliphatic carbocycles. The van der Waals surface area contributed by atoms with Gasteiger partial charge in [0.05, 0.1) is 22.0 Å². The molecule has 0 radical (unpaired) electrons. The van der Waals surface area contributed by atoms with Gasteiger partial charge in [-0.1, -0.05) is 249 Å². The van der Waals surface area contributed by atoms with Gasteiger partial charge < -0.3 is 14.0 Å². The molecule has 4 aliphatic rings. The molecule has 2 atom stereocenters. The first kappa shape index (κ1) is 46.7. The van der Waals surface area contributed by atoms with Crippen LogP contribution in [0.3, 0.4) is 0 Å². The molecule has 3 heterocycles. The van der Waals surface area contributed by atoms with Gasteiger partial charge in [0.15, 0.2) is 13.0 Å². The second-order valence-electron chi connectivity index (χ2n) is 21.8. The molecule has 0 N–H and O–H groups in total. The summed E-state index contributed by atoms with van der Waals surface area (Å²) in [5.74, 6) is 3.72. The van der Waals surface area contributed by atoms with Crippen molar-refractivity contribution in [3.63, 3.8) is 0 Å². The molecule has 0 saturated heterocycles. The lowest BCUT2D eigenvalue weighted by Gasteiger charge is -2.39. The number of para-hydroxylation sites is 3. The zero-order valence-electron chi connectivity index (χ0n) is 44.2. The number of ether oxygens (including phenoxy) is 2.